The van der Waals surface area contributed by atoms with Crippen LogP contribution in [0.5, 0.6) is 0 Å². The van der Waals surface area contributed by atoms with Crippen molar-refractivity contribution in [1.29, 1.82) is 5.26 Å². The number of piperidine rings is 1. The van der Waals surface area contributed by atoms with Crippen LogP contribution in [0.1, 0.15) is 29.7 Å². The number of benzene rings is 2. The van der Waals surface area contributed by atoms with Gasteiger partial charge in [0.15, 0.2) is 0 Å². The SMILES string of the molecule is N#Cc1cc2cc(CN3CCC4(CC3)CN(c3ncnc5ccc(CC(F)(F)F)cc35)C4)ccc2n1CCN1CCNCC1. The molecule has 0 aliphatic carbocycles. The lowest BCUT2D eigenvalue weighted by atomic mass is 9.72. The zero-order chi connectivity index (χ0) is 30.3. The topological polar surface area (TPSA) is 76.2 Å². The first kappa shape index (κ1) is 29.0. The van der Waals surface area contributed by atoms with E-state index in [1.54, 1.807) is 12.1 Å². The van der Waals surface area contributed by atoms with Crippen molar-refractivity contribution in [3.8, 4) is 6.07 Å². The second kappa shape index (κ2) is 11.7. The molecule has 2 aromatic carbocycles. The summed E-state index contributed by atoms with van der Waals surface area (Å²) in [6.45, 7) is 10.5. The maximum atomic E-state index is 13.0. The number of hydrogen-bond acceptors (Lipinski definition) is 7. The number of piperazine rings is 1. The highest BCUT2D eigenvalue weighted by molar-refractivity contribution is 5.90. The van der Waals surface area contributed by atoms with Crippen LogP contribution in [0, 0.1) is 16.7 Å². The molecule has 1 spiro atoms. The Hall–Kier alpha value is -3.72. The maximum Gasteiger partial charge on any atom is 0.393 e. The van der Waals surface area contributed by atoms with Gasteiger partial charge < -0.3 is 14.8 Å². The minimum Gasteiger partial charge on any atom is -0.355 e. The molecule has 3 fully saturated rings. The monoisotopic (exact) mass is 602 g/mol. The molecule has 0 atom stereocenters. The van der Waals surface area contributed by atoms with Crippen LogP contribution in [0.25, 0.3) is 21.8 Å². The highest BCUT2D eigenvalue weighted by Gasteiger charge is 2.45. The van der Waals surface area contributed by atoms with Gasteiger partial charge in [-0.1, -0.05) is 12.1 Å². The summed E-state index contributed by atoms with van der Waals surface area (Å²) in [5.74, 6) is 0.733. The lowest BCUT2D eigenvalue weighted by Crippen LogP contribution is -2.60. The lowest BCUT2D eigenvalue weighted by Gasteiger charge is -2.54. The quantitative estimate of drug-likeness (QED) is 0.332. The van der Waals surface area contributed by atoms with Crippen molar-refractivity contribution >= 4 is 27.6 Å². The Balaban J connectivity index is 0.969. The van der Waals surface area contributed by atoms with Crippen molar-refractivity contribution in [3.05, 3.63) is 65.6 Å². The van der Waals surface area contributed by atoms with E-state index in [1.807, 2.05) is 6.07 Å². The number of likely N-dealkylation sites (tertiary alicyclic amines) is 1. The molecule has 44 heavy (non-hydrogen) atoms. The van der Waals surface area contributed by atoms with E-state index < -0.39 is 12.6 Å². The predicted octanol–water partition coefficient (Wildman–Crippen LogP) is 4.57. The van der Waals surface area contributed by atoms with Crippen LogP contribution in [-0.4, -0.2) is 89.4 Å². The highest BCUT2D eigenvalue weighted by atomic mass is 19.4. The second-order valence-electron chi connectivity index (χ2n) is 12.8. The number of anilines is 1. The molecule has 2 aromatic heterocycles. The number of nitrogens with one attached hydrogen (secondary N) is 1. The van der Waals surface area contributed by atoms with E-state index in [4.69, 9.17) is 0 Å². The number of nitriles is 1. The van der Waals surface area contributed by atoms with Crippen molar-refractivity contribution in [2.45, 2.75) is 38.5 Å². The number of halogens is 3. The van der Waals surface area contributed by atoms with Crippen molar-refractivity contribution in [1.82, 2.24) is 29.7 Å². The summed E-state index contributed by atoms with van der Waals surface area (Å²) in [5, 5.41) is 15.0. The molecule has 230 valence electrons. The molecule has 3 aliphatic rings. The number of nitrogens with zero attached hydrogens (tertiary/aromatic N) is 7. The highest BCUT2D eigenvalue weighted by Crippen LogP contribution is 2.44. The molecule has 0 bridgehead atoms. The van der Waals surface area contributed by atoms with E-state index in [-0.39, 0.29) is 11.0 Å². The fourth-order valence-electron chi connectivity index (χ4n) is 7.29. The first-order valence-electron chi connectivity index (χ1n) is 15.5. The van der Waals surface area contributed by atoms with Gasteiger partial charge in [0.05, 0.1) is 11.9 Å². The van der Waals surface area contributed by atoms with Crippen LogP contribution in [0.4, 0.5) is 19.0 Å². The molecular weight excluding hydrogens is 565 g/mol. The van der Waals surface area contributed by atoms with E-state index in [0.717, 1.165) is 107 Å². The van der Waals surface area contributed by atoms with Crippen molar-refractivity contribution in [2.24, 2.45) is 5.41 Å². The van der Waals surface area contributed by atoms with Gasteiger partial charge in [-0.2, -0.15) is 18.4 Å². The van der Waals surface area contributed by atoms with Gasteiger partial charge in [0, 0.05) is 80.6 Å². The van der Waals surface area contributed by atoms with Gasteiger partial charge in [0.25, 0.3) is 0 Å². The molecule has 0 radical (unpaired) electrons. The third kappa shape index (κ3) is 5.99. The van der Waals surface area contributed by atoms with Crippen LogP contribution < -0.4 is 10.2 Å². The lowest BCUT2D eigenvalue weighted by molar-refractivity contribution is -0.127. The van der Waals surface area contributed by atoms with Crippen molar-refractivity contribution in [2.75, 3.05) is 63.8 Å². The zero-order valence-electron chi connectivity index (χ0n) is 24.8. The van der Waals surface area contributed by atoms with E-state index in [1.165, 1.54) is 18.0 Å². The van der Waals surface area contributed by atoms with Crippen LogP contribution in [0.2, 0.25) is 0 Å². The zero-order valence-corrected chi connectivity index (χ0v) is 24.8. The van der Waals surface area contributed by atoms with Crippen LogP contribution >= 0.6 is 0 Å². The first-order chi connectivity index (χ1) is 21.3. The van der Waals surface area contributed by atoms with Gasteiger partial charge in [-0.3, -0.25) is 9.80 Å². The average Bonchev–Trinajstić information content (AvgIpc) is 3.35. The standard InChI is InChI=1S/C33H37F3N8/c34-33(35,36)18-24-1-3-29-28(16-24)31(40-23-39-29)43-21-32(22-43)5-9-42(10-6-32)20-25-2-4-30-26(15-25)17-27(19-37)44(30)14-13-41-11-7-38-8-12-41/h1-4,15-17,23,38H,5-14,18,20-22H2. The van der Waals surface area contributed by atoms with Crippen molar-refractivity contribution in [3.63, 3.8) is 0 Å². The molecule has 5 heterocycles. The molecule has 7 rings (SSSR count). The van der Waals surface area contributed by atoms with Gasteiger partial charge in [-0.05, 0) is 67.4 Å². The Kier molecular flexibility index (Phi) is 7.69. The van der Waals surface area contributed by atoms with E-state index in [9.17, 15) is 18.4 Å². The van der Waals surface area contributed by atoms with Gasteiger partial charge in [0.2, 0.25) is 0 Å². The molecule has 0 unspecified atom stereocenters. The van der Waals surface area contributed by atoms with E-state index >= 15 is 0 Å². The van der Waals surface area contributed by atoms with Crippen LogP contribution in [-0.2, 0) is 19.5 Å². The molecule has 0 amide bonds. The molecular formula is C33H37F3N8. The van der Waals surface area contributed by atoms with Gasteiger partial charge >= 0.3 is 6.18 Å². The summed E-state index contributed by atoms with van der Waals surface area (Å²) >= 11 is 0. The summed E-state index contributed by atoms with van der Waals surface area (Å²) in [5.41, 5.74) is 4.22. The van der Waals surface area contributed by atoms with E-state index in [2.05, 4.69) is 58.8 Å². The van der Waals surface area contributed by atoms with Crippen LogP contribution in [0.15, 0.2) is 48.8 Å². The number of fused-ring (bicyclic) bond motifs is 2. The summed E-state index contributed by atoms with van der Waals surface area (Å²) in [6, 6.07) is 15.8. The molecule has 3 saturated heterocycles. The fraction of sp³-hybridized carbons (Fsp3) is 0.485. The van der Waals surface area contributed by atoms with E-state index in [0.29, 0.717) is 10.9 Å². The molecule has 1 N–H and O–H groups in total. The fourth-order valence-corrected chi connectivity index (χ4v) is 7.29. The molecule has 4 aromatic rings. The second-order valence-corrected chi connectivity index (χ2v) is 12.8. The third-order valence-electron chi connectivity index (χ3n) is 9.69. The predicted molar refractivity (Wildman–Crippen MR) is 164 cm³/mol. The van der Waals surface area contributed by atoms with Crippen molar-refractivity contribution < 1.29 is 13.2 Å². The molecule has 3 aliphatic heterocycles. The van der Waals surface area contributed by atoms with Gasteiger partial charge in [0.1, 0.15) is 23.9 Å². The maximum absolute atomic E-state index is 13.0. The number of rotatable bonds is 7. The summed E-state index contributed by atoms with van der Waals surface area (Å²) in [7, 11) is 0. The molecule has 8 nitrogen and oxygen atoms in total. The number of hydrogen-bond donors (Lipinski definition) is 1. The Morgan fingerprint density at radius 1 is 0.886 bits per heavy atom. The summed E-state index contributed by atoms with van der Waals surface area (Å²) in [6.07, 6.45) is -1.54. The number of aromatic nitrogens is 3. The smallest absolute Gasteiger partial charge is 0.355 e. The Morgan fingerprint density at radius 3 is 2.41 bits per heavy atom. The molecule has 0 saturated carbocycles. The van der Waals surface area contributed by atoms with Gasteiger partial charge in [-0.15, -0.1) is 0 Å². The minimum absolute atomic E-state index is 0.213. The summed E-state index contributed by atoms with van der Waals surface area (Å²) < 4.78 is 41.2. The average molecular weight is 603 g/mol. The largest absolute Gasteiger partial charge is 0.393 e. The Morgan fingerprint density at radius 2 is 1.66 bits per heavy atom. The Bertz CT molecular complexity index is 1690. The normalized spacial score (nSPS) is 19.5. The first-order valence-corrected chi connectivity index (χ1v) is 15.5. The molecule has 11 heteroatoms. The minimum atomic E-state index is -4.25. The number of alkyl halides is 3. The van der Waals surface area contributed by atoms with Gasteiger partial charge in [-0.25, -0.2) is 9.97 Å². The third-order valence-corrected chi connectivity index (χ3v) is 9.69. The van der Waals surface area contributed by atoms with Crippen LogP contribution in [0.3, 0.4) is 0 Å². The Labute approximate surface area is 255 Å². The summed E-state index contributed by atoms with van der Waals surface area (Å²) in [4.78, 5) is 15.9.